The molecule has 0 radical (unpaired) electrons. The molecule has 20 heavy (non-hydrogen) atoms. The molecule has 2 fully saturated rings. The predicted molar refractivity (Wildman–Crippen MR) is 79.8 cm³/mol. The van der Waals surface area contributed by atoms with E-state index in [1.165, 1.54) is 25.7 Å². The molecule has 108 valence electrons. The number of hydrogen-bond acceptors (Lipinski definition) is 3. The van der Waals surface area contributed by atoms with Crippen LogP contribution in [0.1, 0.15) is 43.0 Å². The summed E-state index contributed by atoms with van der Waals surface area (Å²) in [5.41, 5.74) is 0.761. The van der Waals surface area contributed by atoms with Crippen LogP contribution in [0.15, 0.2) is 18.3 Å². The van der Waals surface area contributed by atoms with Gasteiger partial charge in [0.25, 0.3) is 5.91 Å². The van der Waals surface area contributed by atoms with E-state index < -0.39 is 0 Å². The fourth-order valence-corrected chi connectivity index (χ4v) is 2.49. The number of pyridine rings is 1. The van der Waals surface area contributed by atoms with Gasteiger partial charge in [0.2, 0.25) is 0 Å². The third-order valence-electron chi connectivity index (χ3n) is 4.00. The van der Waals surface area contributed by atoms with Gasteiger partial charge in [0, 0.05) is 31.4 Å². The molecule has 4 nitrogen and oxygen atoms in total. The summed E-state index contributed by atoms with van der Waals surface area (Å²) in [4.78, 5) is 19.0. The van der Waals surface area contributed by atoms with Gasteiger partial charge in [0.1, 0.15) is 5.82 Å². The van der Waals surface area contributed by atoms with E-state index >= 15 is 0 Å². The van der Waals surface area contributed by atoms with Crippen molar-refractivity contribution in [2.45, 2.75) is 32.6 Å². The maximum absolute atomic E-state index is 12.7. The minimum absolute atomic E-state index is 0.172. The summed E-state index contributed by atoms with van der Waals surface area (Å²) in [6.45, 7) is 4.73. The fourth-order valence-electron chi connectivity index (χ4n) is 2.49. The zero-order valence-electron chi connectivity index (χ0n) is 12.1. The number of nitrogens with zero attached hydrogens (tertiary/aromatic N) is 2. The summed E-state index contributed by atoms with van der Waals surface area (Å²) in [5.74, 6) is 2.45. The van der Waals surface area contributed by atoms with Crippen LogP contribution in [0.4, 0.5) is 5.82 Å². The maximum atomic E-state index is 12.7. The van der Waals surface area contributed by atoms with Gasteiger partial charge in [0.15, 0.2) is 0 Å². The minimum Gasteiger partial charge on any atom is -0.370 e. The number of carbonyl (C=O) groups is 1. The molecule has 0 unspecified atom stereocenters. The molecule has 1 amide bonds. The largest absolute Gasteiger partial charge is 0.370 e. The third-order valence-corrected chi connectivity index (χ3v) is 4.00. The number of amides is 1. The van der Waals surface area contributed by atoms with E-state index in [-0.39, 0.29) is 5.91 Å². The summed E-state index contributed by atoms with van der Waals surface area (Å²) >= 11 is 0. The molecule has 1 aromatic heterocycles. The number of carbonyl (C=O) groups excluding carboxylic acids is 1. The quantitative estimate of drug-likeness (QED) is 0.831. The lowest BCUT2D eigenvalue weighted by molar-refractivity contribution is 0.0739. The molecule has 2 aliphatic rings. The van der Waals surface area contributed by atoms with Crippen LogP contribution in [0.25, 0.3) is 0 Å². The van der Waals surface area contributed by atoms with Gasteiger partial charge in [0.05, 0.1) is 0 Å². The Balaban J connectivity index is 1.71. The molecule has 2 saturated carbocycles. The van der Waals surface area contributed by atoms with Crippen molar-refractivity contribution in [2.75, 3.05) is 25.0 Å². The van der Waals surface area contributed by atoms with Crippen molar-refractivity contribution < 1.29 is 4.79 Å². The van der Waals surface area contributed by atoms with E-state index in [1.54, 1.807) is 6.20 Å². The normalized spacial score (nSPS) is 17.9. The lowest BCUT2D eigenvalue weighted by atomic mass is 10.2. The molecule has 4 heteroatoms. The standard InChI is InChI=1S/C16H23N3O/c1-2-17-15-9-14(7-8-18-15)16(20)19(10-12-3-4-12)11-13-5-6-13/h7-9,12-13H,2-6,10-11H2,1H3,(H,17,18). The number of rotatable bonds is 7. The van der Waals surface area contributed by atoms with Gasteiger partial charge in [-0.2, -0.15) is 0 Å². The highest BCUT2D eigenvalue weighted by atomic mass is 16.2. The van der Waals surface area contributed by atoms with Gasteiger partial charge in [-0.05, 0) is 56.6 Å². The van der Waals surface area contributed by atoms with E-state index in [0.29, 0.717) is 0 Å². The van der Waals surface area contributed by atoms with Crippen LogP contribution in [0.3, 0.4) is 0 Å². The third kappa shape index (κ3) is 3.50. The Kier molecular flexibility index (Phi) is 3.90. The van der Waals surface area contributed by atoms with Crippen LogP contribution in [0.5, 0.6) is 0 Å². The first-order valence-corrected chi connectivity index (χ1v) is 7.75. The molecule has 0 atom stereocenters. The highest BCUT2D eigenvalue weighted by molar-refractivity contribution is 5.94. The van der Waals surface area contributed by atoms with Gasteiger partial charge in [-0.15, -0.1) is 0 Å². The molecule has 2 aliphatic carbocycles. The Morgan fingerprint density at radius 2 is 1.95 bits per heavy atom. The van der Waals surface area contributed by atoms with Crippen molar-refractivity contribution >= 4 is 11.7 Å². The van der Waals surface area contributed by atoms with Gasteiger partial charge in [-0.1, -0.05) is 0 Å². The van der Waals surface area contributed by atoms with Crippen molar-refractivity contribution in [3.63, 3.8) is 0 Å². The van der Waals surface area contributed by atoms with Crippen LogP contribution in [0.2, 0.25) is 0 Å². The van der Waals surface area contributed by atoms with Gasteiger partial charge >= 0.3 is 0 Å². The molecule has 0 saturated heterocycles. The van der Waals surface area contributed by atoms with Gasteiger partial charge < -0.3 is 10.2 Å². The summed E-state index contributed by atoms with van der Waals surface area (Å²) in [6, 6.07) is 3.70. The maximum Gasteiger partial charge on any atom is 0.254 e. The Hall–Kier alpha value is -1.58. The average Bonchev–Trinajstić information content (AvgIpc) is 3.33. The SMILES string of the molecule is CCNc1cc(C(=O)N(CC2CC2)CC2CC2)ccn1. The van der Waals surface area contributed by atoms with Crippen LogP contribution in [-0.4, -0.2) is 35.4 Å². The molecular formula is C16H23N3O. The molecular weight excluding hydrogens is 250 g/mol. The Morgan fingerprint density at radius 1 is 1.30 bits per heavy atom. The second-order valence-electron chi connectivity index (χ2n) is 6.06. The van der Waals surface area contributed by atoms with Crippen LogP contribution >= 0.6 is 0 Å². The van der Waals surface area contributed by atoms with Crippen molar-refractivity contribution in [2.24, 2.45) is 11.8 Å². The van der Waals surface area contributed by atoms with Crippen LogP contribution in [-0.2, 0) is 0 Å². The van der Waals surface area contributed by atoms with Gasteiger partial charge in [-0.25, -0.2) is 4.98 Å². The zero-order chi connectivity index (χ0) is 13.9. The number of anilines is 1. The molecule has 0 aliphatic heterocycles. The minimum atomic E-state index is 0.172. The molecule has 1 heterocycles. The molecule has 0 bridgehead atoms. The Bertz CT molecular complexity index is 466. The molecule has 3 rings (SSSR count). The monoisotopic (exact) mass is 273 g/mol. The second kappa shape index (κ2) is 5.81. The molecule has 1 aromatic rings. The van der Waals surface area contributed by atoms with Crippen LogP contribution in [0, 0.1) is 11.8 Å². The first-order chi connectivity index (χ1) is 9.76. The highest BCUT2D eigenvalue weighted by Gasteiger charge is 2.31. The predicted octanol–water partition coefficient (Wildman–Crippen LogP) is 2.78. The topological polar surface area (TPSA) is 45.2 Å². The lowest BCUT2D eigenvalue weighted by Crippen LogP contribution is -2.34. The highest BCUT2D eigenvalue weighted by Crippen LogP contribution is 2.34. The fraction of sp³-hybridized carbons (Fsp3) is 0.625. The Labute approximate surface area is 120 Å². The summed E-state index contributed by atoms with van der Waals surface area (Å²) in [7, 11) is 0. The molecule has 0 spiro atoms. The number of nitrogens with one attached hydrogen (secondary N) is 1. The van der Waals surface area contributed by atoms with Crippen molar-refractivity contribution in [1.29, 1.82) is 0 Å². The average molecular weight is 273 g/mol. The number of hydrogen-bond donors (Lipinski definition) is 1. The van der Waals surface area contributed by atoms with Crippen molar-refractivity contribution in [3.05, 3.63) is 23.9 Å². The lowest BCUT2D eigenvalue weighted by Gasteiger charge is -2.23. The van der Waals surface area contributed by atoms with E-state index in [2.05, 4.69) is 15.2 Å². The Morgan fingerprint density at radius 3 is 2.50 bits per heavy atom. The first kappa shape index (κ1) is 13.4. The smallest absolute Gasteiger partial charge is 0.254 e. The van der Waals surface area contributed by atoms with Crippen molar-refractivity contribution in [1.82, 2.24) is 9.88 Å². The second-order valence-corrected chi connectivity index (χ2v) is 6.06. The molecule has 0 aromatic carbocycles. The van der Waals surface area contributed by atoms with E-state index in [1.807, 2.05) is 19.1 Å². The first-order valence-electron chi connectivity index (χ1n) is 7.75. The van der Waals surface area contributed by atoms with Crippen molar-refractivity contribution in [3.8, 4) is 0 Å². The molecule has 1 N–H and O–H groups in total. The van der Waals surface area contributed by atoms with Crippen LogP contribution < -0.4 is 5.32 Å². The summed E-state index contributed by atoms with van der Waals surface area (Å²) in [6.07, 6.45) is 6.86. The van der Waals surface area contributed by atoms with E-state index in [9.17, 15) is 4.79 Å². The summed E-state index contributed by atoms with van der Waals surface area (Å²) in [5, 5.41) is 3.17. The summed E-state index contributed by atoms with van der Waals surface area (Å²) < 4.78 is 0. The van der Waals surface area contributed by atoms with E-state index in [0.717, 1.165) is 42.9 Å². The number of aromatic nitrogens is 1. The van der Waals surface area contributed by atoms with E-state index in [4.69, 9.17) is 0 Å². The van der Waals surface area contributed by atoms with Gasteiger partial charge in [-0.3, -0.25) is 4.79 Å². The zero-order valence-corrected chi connectivity index (χ0v) is 12.1.